The van der Waals surface area contributed by atoms with Gasteiger partial charge in [0.15, 0.2) is 0 Å². The zero-order chi connectivity index (χ0) is 13.9. The van der Waals surface area contributed by atoms with E-state index in [0.717, 1.165) is 5.56 Å². The van der Waals surface area contributed by atoms with Crippen molar-refractivity contribution in [3.63, 3.8) is 0 Å². The van der Waals surface area contributed by atoms with Crippen molar-refractivity contribution in [1.82, 2.24) is 4.31 Å². The van der Waals surface area contributed by atoms with Crippen molar-refractivity contribution in [2.24, 2.45) is 5.92 Å². The maximum atomic E-state index is 12.1. The summed E-state index contributed by atoms with van der Waals surface area (Å²) in [6, 6.07) is 9.41. The highest BCUT2D eigenvalue weighted by Crippen LogP contribution is 2.20. The first-order chi connectivity index (χ1) is 8.99. The lowest BCUT2D eigenvalue weighted by Crippen LogP contribution is -2.32. The molecule has 0 unspecified atom stereocenters. The predicted octanol–water partition coefficient (Wildman–Crippen LogP) is 0.965. The van der Waals surface area contributed by atoms with Crippen LogP contribution in [-0.2, 0) is 21.2 Å². The quantitative estimate of drug-likeness (QED) is 0.873. The smallest absolute Gasteiger partial charge is 0.307 e. The minimum Gasteiger partial charge on any atom is -0.481 e. The minimum absolute atomic E-state index is 0.0311. The number of carboxylic acid groups (broad SMARTS) is 1. The highest BCUT2D eigenvalue weighted by atomic mass is 32.2. The Bertz CT molecular complexity index is 541. The molecule has 1 saturated heterocycles. The van der Waals surface area contributed by atoms with E-state index >= 15 is 0 Å². The van der Waals surface area contributed by atoms with Crippen molar-refractivity contribution in [3.8, 4) is 0 Å². The second-order valence-electron chi connectivity index (χ2n) is 4.73. The number of rotatable bonds is 5. The standard InChI is InChI=1S/C13H17NO4S/c15-13(16)12-6-8-14(10-12)19(17,18)9-7-11-4-2-1-3-5-11/h1-5,12H,6-10H2,(H,15,16)/t12-/m1/s1. The Kier molecular flexibility index (Phi) is 4.21. The fourth-order valence-corrected chi connectivity index (χ4v) is 3.75. The lowest BCUT2D eigenvalue weighted by atomic mass is 10.1. The third-order valence-electron chi connectivity index (χ3n) is 3.39. The molecule has 1 aliphatic heterocycles. The summed E-state index contributed by atoms with van der Waals surface area (Å²) < 4.78 is 25.5. The molecule has 1 N–H and O–H groups in total. The molecule has 19 heavy (non-hydrogen) atoms. The van der Waals surface area contributed by atoms with E-state index in [4.69, 9.17) is 5.11 Å². The lowest BCUT2D eigenvalue weighted by Gasteiger charge is -2.15. The van der Waals surface area contributed by atoms with E-state index in [9.17, 15) is 13.2 Å². The Labute approximate surface area is 112 Å². The number of hydrogen-bond acceptors (Lipinski definition) is 3. The Hall–Kier alpha value is -1.40. The summed E-state index contributed by atoms with van der Waals surface area (Å²) in [5, 5.41) is 8.88. The largest absolute Gasteiger partial charge is 0.481 e. The monoisotopic (exact) mass is 283 g/mol. The third kappa shape index (κ3) is 3.54. The molecule has 0 saturated carbocycles. The van der Waals surface area contributed by atoms with Crippen molar-refractivity contribution < 1.29 is 18.3 Å². The van der Waals surface area contributed by atoms with Gasteiger partial charge in [-0.1, -0.05) is 30.3 Å². The average molecular weight is 283 g/mol. The van der Waals surface area contributed by atoms with E-state index in [1.54, 1.807) is 0 Å². The Morgan fingerprint density at radius 1 is 1.32 bits per heavy atom. The van der Waals surface area contributed by atoms with Gasteiger partial charge in [-0.2, -0.15) is 0 Å². The van der Waals surface area contributed by atoms with Crippen LogP contribution in [0.15, 0.2) is 30.3 Å². The number of aliphatic carboxylic acids is 1. The molecule has 5 nitrogen and oxygen atoms in total. The molecule has 0 radical (unpaired) electrons. The summed E-state index contributed by atoms with van der Waals surface area (Å²) in [6.45, 7) is 0.417. The van der Waals surface area contributed by atoms with E-state index in [2.05, 4.69) is 0 Å². The van der Waals surface area contributed by atoms with Crippen molar-refractivity contribution in [1.29, 1.82) is 0 Å². The molecule has 0 amide bonds. The molecule has 0 bridgehead atoms. The van der Waals surface area contributed by atoms with Gasteiger partial charge in [0, 0.05) is 13.1 Å². The maximum Gasteiger partial charge on any atom is 0.307 e. The van der Waals surface area contributed by atoms with E-state index in [1.807, 2.05) is 30.3 Å². The third-order valence-corrected chi connectivity index (χ3v) is 5.22. The molecular weight excluding hydrogens is 266 g/mol. The van der Waals surface area contributed by atoms with E-state index in [0.29, 0.717) is 19.4 Å². The van der Waals surface area contributed by atoms with Gasteiger partial charge in [0.05, 0.1) is 11.7 Å². The van der Waals surface area contributed by atoms with Gasteiger partial charge in [-0.25, -0.2) is 12.7 Å². The van der Waals surface area contributed by atoms with Gasteiger partial charge in [0.1, 0.15) is 0 Å². The zero-order valence-electron chi connectivity index (χ0n) is 10.5. The molecule has 0 aromatic heterocycles. The SMILES string of the molecule is O=C(O)[C@@H]1CCN(S(=O)(=O)CCc2ccccc2)C1. The van der Waals surface area contributed by atoms with Gasteiger partial charge < -0.3 is 5.11 Å². The molecule has 1 fully saturated rings. The lowest BCUT2D eigenvalue weighted by molar-refractivity contribution is -0.141. The van der Waals surface area contributed by atoms with Gasteiger partial charge in [0.25, 0.3) is 0 Å². The minimum atomic E-state index is -3.35. The molecular formula is C13H17NO4S. The van der Waals surface area contributed by atoms with Crippen LogP contribution in [0.2, 0.25) is 0 Å². The second-order valence-corrected chi connectivity index (χ2v) is 6.82. The first-order valence-electron chi connectivity index (χ1n) is 6.23. The molecule has 6 heteroatoms. The van der Waals surface area contributed by atoms with Crippen LogP contribution in [0, 0.1) is 5.92 Å². The Balaban J connectivity index is 1.94. The number of benzene rings is 1. The van der Waals surface area contributed by atoms with Crippen molar-refractivity contribution in [2.75, 3.05) is 18.8 Å². The fraction of sp³-hybridized carbons (Fsp3) is 0.462. The predicted molar refractivity (Wildman–Crippen MR) is 71.2 cm³/mol. The topological polar surface area (TPSA) is 74.7 Å². The normalized spacial score (nSPS) is 20.5. The van der Waals surface area contributed by atoms with Crippen molar-refractivity contribution in [2.45, 2.75) is 12.8 Å². The van der Waals surface area contributed by atoms with Crippen LogP contribution in [0.1, 0.15) is 12.0 Å². The molecule has 0 aliphatic carbocycles. The van der Waals surface area contributed by atoms with Crippen LogP contribution in [-0.4, -0.2) is 42.6 Å². The van der Waals surface area contributed by atoms with Crippen LogP contribution in [0.3, 0.4) is 0 Å². The number of hydrogen-bond donors (Lipinski definition) is 1. The number of carbonyl (C=O) groups is 1. The molecule has 1 aliphatic rings. The van der Waals surface area contributed by atoms with Crippen LogP contribution < -0.4 is 0 Å². The number of sulfonamides is 1. The first-order valence-corrected chi connectivity index (χ1v) is 7.84. The second kappa shape index (κ2) is 5.71. The Morgan fingerprint density at radius 2 is 2.00 bits per heavy atom. The molecule has 104 valence electrons. The maximum absolute atomic E-state index is 12.1. The van der Waals surface area contributed by atoms with Crippen LogP contribution in [0.25, 0.3) is 0 Å². The number of aryl methyl sites for hydroxylation is 1. The number of carboxylic acids is 1. The van der Waals surface area contributed by atoms with E-state index < -0.39 is 21.9 Å². The summed E-state index contributed by atoms with van der Waals surface area (Å²) in [5.74, 6) is -1.45. The van der Waals surface area contributed by atoms with Gasteiger partial charge in [-0.05, 0) is 18.4 Å². The summed E-state index contributed by atoms with van der Waals surface area (Å²) in [4.78, 5) is 10.8. The molecule has 0 spiro atoms. The molecule has 1 heterocycles. The van der Waals surface area contributed by atoms with E-state index in [-0.39, 0.29) is 12.3 Å². The first kappa shape index (κ1) is 14.0. The highest BCUT2D eigenvalue weighted by Gasteiger charge is 2.34. The van der Waals surface area contributed by atoms with Crippen LogP contribution >= 0.6 is 0 Å². The van der Waals surface area contributed by atoms with Crippen LogP contribution in [0.4, 0.5) is 0 Å². The summed E-state index contributed by atoms with van der Waals surface area (Å²) in [7, 11) is -3.35. The molecule has 1 aromatic rings. The molecule has 1 aromatic carbocycles. The van der Waals surface area contributed by atoms with Gasteiger partial charge in [-0.3, -0.25) is 4.79 Å². The van der Waals surface area contributed by atoms with E-state index in [1.165, 1.54) is 4.31 Å². The van der Waals surface area contributed by atoms with Gasteiger partial charge >= 0.3 is 5.97 Å². The molecule has 2 rings (SSSR count). The zero-order valence-corrected chi connectivity index (χ0v) is 11.3. The molecule has 1 atom stereocenters. The number of nitrogens with zero attached hydrogens (tertiary/aromatic N) is 1. The van der Waals surface area contributed by atoms with Gasteiger partial charge in [-0.15, -0.1) is 0 Å². The van der Waals surface area contributed by atoms with Crippen molar-refractivity contribution >= 4 is 16.0 Å². The Morgan fingerprint density at radius 3 is 2.58 bits per heavy atom. The summed E-state index contributed by atoms with van der Waals surface area (Å²) >= 11 is 0. The van der Waals surface area contributed by atoms with Crippen LogP contribution in [0.5, 0.6) is 0 Å². The highest BCUT2D eigenvalue weighted by molar-refractivity contribution is 7.89. The summed E-state index contributed by atoms with van der Waals surface area (Å²) in [6.07, 6.45) is 0.858. The fourth-order valence-electron chi connectivity index (χ4n) is 2.20. The van der Waals surface area contributed by atoms with Gasteiger partial charge in [0.2, 0.25) is 10.0 Å². The summed E-state index contributed by atoms with van der Waals surface area (Å²) in [5.41, 5.74) is 0.972. The van der Waals surface area contributed by atoms with Crippen molar-refractivity contribution in [3.05, 3.63) is 35.9 Å². The average Bonchev–Trinajstić information content (AvgIpc) is 2.88.